The van der Waals surface area contributed by atoms with Crippen LogP contribution in [-0.4, -0.2) is 26.2 Å². The summed E-state index contributed by atoms with van der Waals surface area (Å²) in [7, 11) is 1.67. The van der Waals surface area contributed by atoms with Gasteiger partial charge in [0, 0.05) is 6.54 Å². The van der Waals surface area contributed by atoms with E-state index in [2.05, 4.69) is 23.5 Å². The molecule has 1 N–H and O–H groups in total. The third-order valence-corrected chi connectivity index (χ3v) is 4.79. The Morgan fingerprint density at radius 2 is 1.88 bits per heavy atom. The Kier molecular flexibility index (Phi) is 6.53. The Morgan fingerprint density at radius 3 is 2.73 bits per heavy atom. The number of nitrogens with one attached hydrogen (secondary N) is 1. The standard InChI is InChI=1S/C22H27NO3/c1-25-20-10-4-6-17(14-20)7-5-13-23-22(24)16-26-21-12-11-18-8-2-3-9-19(18)15-21/h4,6,10-12,14-15H,2-3,5,7-9,13,16H2,1H3,(H,23,24). The summed E-state index contributed by atoms with van der Waals surface area (Å²) in [6.45, 7) is 0.710. The highest BCUT2D eigenvalue weighted by Crippen LogP contribution is 2.25. The van der Waals surface area contributed by atoms with Crippen molar-refractivity contribution in [1.82, 2.24) is 5.32 Å². The van der Waals surface area contributed by atoms with Gasteiger partial charge in [0.2, 0.25) is 0 Å². The van der Waals surface area contributed by atoms with Gasteiger partial charge in [-0.15, -0.1) is 0 Å². The van der Waals surface area contributed by atoms with Gasteiger partial charge >= 0.3 is 0 Å². The van der Waals surface area contributed by atoms with Crippen molar-refractivity contribution < 1.29 is 14.3 Å². The molecule has 138 valence electrons. The molecule has 0 bridgehead atoms. The number of aryl methyl sites for hydroxylation is 3. The van der Waals surface area contributed by atoms with Crippen LogP contribution in [0, 0.1) is 0 Å². The normalized spacial score (nSPS) is 13.0. The number of amides is 1. The maximum absolute atomic E-state index is 12.0. The van der Waals surface area contributed by atoms with Crippen molar-refractivity contribution >= 4 is 5.91 Å². The van der Waals surface area contributed by atoms with Crippen LogP contribution in [0.15, 0.2) is 42.5 Å². The average Bonchev–Trinajstić information content (AvgIpc) is 2.69. The molecule has 0 spiro atoms. The van der Waals surface area contributed by atoms with Gasteiger partial charge in [-0.25, -0.2) is 0 Å². The van der Waals surface area contributed by atoms with E-state index in [9.17, 15) is 4.79 Å². The van der Waals surface area contributed by atoms with Crippen LogP contribution in [0.25, 0.3) is 0 Å². The minimum atomic E-state index is -0.0756. The molecule has 0 radical (unpaired) electrons. The topological polar surface area (TPSA) is 47.6 Å². The molecule has 0 saturated carbocycles. The molecule has 0 heterocycles. The molecule has 4 heteroatoms. The first-order chi connectivity index (χ1) is 12.7. The smallest absolute Gasteiger partial charge is 0.257 e. The fourth-order valence-electron chi connectivity index (χ4n) is 3.35. The van der Waals surface area contributed by atoms with E-state index in [4.69, 9.17) is 9.47 Å². The van der Waals surface area contributed by atoms with Crippen molar-refractivity contribution in [2.75, 3.05) is 20.3 Å². The third kappa shape index (κ3) is 5.25. The fourth-order valence-corrected chi connectivity index (χ4v) is 3.35. The van der Waals surface area contributed by atoms with E-state index >= 15 is 0 Å². The second kappa shape index (κ2) is 9.27. The van der Waals surface area contributed by atoms with E-state index in [1.807, 2.05) is 24.3 Å². The van der Waals surface area contributed by atoms with Crippen LogP contribution < -0.4 is 14.8 Å². The van der Waals surface area contributed by atoms with Crippen LogP contribution >= 0.6 is 0 Å². The molecule has 2 aromatic carbocycles. The fraction of sp³-hybridized carbons (Fsp3) is 0.409. The van der Waals surface area contributed by atoms with Gasteiger partial charge in [-0.1, -0.05) is 18.2 Å². The van der Waals surface area contributed by atoms with E-state index in [0.29, 0.717) is 6.54 Å². The zero-order chi connectivity index (χ0) is 18.2. The summed E-state index contributed by atoms with van der Waals surface area (Å²) < 4.78 is 10.9. The predicted molar refractivity (Wildman–Crippen MR) is 103 cm³/mol. The number of hydrogen-bond donors (Lipinski definition) is 1. The monoisotopic (exact) mass is 353 g/mol. The summed E-state index contributed by atoms with van der Waals surface area (Å²) in [5.41, 5.74) is 4.00. The molecular formula is C22H27NO3. The summed E-state index contributed by atoms with van der Waals surface area (Å²) in [4.78, 5) is 12.0. The largest absolute Gasteiger partial charge is 0.497 e. The Balaban J connectivity index is 1.36. The summed E-state index contributed by atoms with van der Waals surface area (Å²) >= 11 is 0. The van der Waals surface area contributed by atoms with E-state index in [0.717, 1.165) is 37.2 Å². The van der Waals surface area contributed by atoms with Gasteiger partial charge in [-0.3, -0.25) is 4.79 Å². The lowest BCUT2D eigenvalue weighted by atomic mass is 9.92. The zero-order valence-electron chi connectivity index (χ0n) is 15.4. The first kappa shape index (κ1) is 18.3. The highest BCUT2D eigenvalue weighted by molar-refractivity contribution is 5.77. The second-order valence-electron chi connectivity index (χ2n) is 6.73. The van der Waals surface area contributed by atoms with Crippen molar-refractivity contribution in [3.05, 3.63) is 59.2 Å². The molecule has 0 saturated heterocycles. The minimum absolute atomic E-state index is 0.0674. The van der Waals surface area contributed by atoms with Gasteiger partial charge in [0.1, 0.15) is 11.5 Å². The van der Waals surface area contributed by atoms with Crippen LogP contribution in [0.4, 0.5) is 0 Å². The van der Waals surface area contributed by atoms with E-state index in [-0.39, 0.29) is 12.5 Å². The Hall–Kier alpha value is -2.49. The van der Waals surface area contributed by atoms with E-state index in [1.165, 1.54) is 29.5 Å². The van der Waals surface area contributed by atoms with Crippen LogP contribution in [0.5, 0.6) is 11.5 Å². The van der Waals surface area contributed by atoms with Gasteiger partial charge in [0.15, 0.2) is 6.61 Å². The number of carbonyl (C=O) groups is 1. The molecule has 26 heavy (non-hydrogen) atoms. The number of hydrogen-bond acceptors (Lipinski definition) is 3. The summed E-state index contributed by atoms with van der Waals surface area (Å²) in [6.07, 6.45) is 6.57. The molecule has 0 unspecified atom stereocenters. The van der Waals surface area contributed by atoms with Crippen LogP contribution in [0.1, 0.15) is 36.0 Å². The molecule has 0 aliphatic heterocycles. The maximum atomic E-state index is 12.0. The zero-order valence-corrected chi connectivity index (χ0v) is 15.4. The molecule has 0 atom stereocenters. The number of carbonyl (C=O) groups excluding carboxylic acids is 1. The van der Waals surface area contributed by atoms with Gasteiger partial charge in [0.05, 0.1) is 7.11 Å². The number of benzene rings is 2. The summed E-state index contributed by atoms with van der Waals surface area (Å²) in [6, 6.07) is 14.2. The van der Waals surface area contributed by atoms with E-state index in [1.54, 1.807) is 7.11 Å². The highest BCUT2D eigenvalue weighted by atomic mass is 16.5. The third-order valence-electron chi connectivity index (χ3n) is 4.79. The van der Waals surface area contributed by atoms with Crippen molar-refractivity contribution in [1.29, 1.82) is 0 Å². The Bertz CT molecular complexity index is 742. The molecule has 1 amide bonds. The van der Waals surface area contributed by atoms with E-state index < -0.39 is 0 Å². The lowest BCUT2D eigenvalue weighted by molar-refractivity contribution is -0.123. The molecule has 0 aromatic heterocycles. The Labute approximate surface area is 155 Å². The molecule has 1 aliphatic carbocycles. The van der Waals surface area contributed by atoms with Gasteiger partial charge < -0.3 is 14.8 Å². The quantitative estimate of drug-likeness (QED) is 0.736. The van der Waals surface area contributed by atoms with Crippen molar-refractivity contribution in [2.24, 2.45) is 0 Å². The molecular weight excluding hydrogens is 326 g/mol. The van der Waals surface area contributed by atoms with Crippen molar-refractivity contribution in [2.45, 2.75) is 38.5 Å². The number of rotatable bonds is 8. The Morgan fingerprint density at radius 1 is 1.04 bits per heavy atom. The molecule has 1 aliphatic rings. The van der Waals surface area contributed by atoms with Gasteiger partial charge in [-0.05, 0) is 79.5 Å². The molecule has 4 nitrogen and oxygen atoms in total. The number of ether oxygens (including phenoxy) is 2. The lowest BCUT2D eigenvalue weighted by Gasteiger charge is -2.16. The van der Waals surface area contributed by atoms with Crippen molar-refractivity contribution in [3.8, 4) is 11.5 Å². The van der Waals surface area contributed by atoms with Gasteiger partial charge in [0.25, 0.3) is 5.91 Å². The predicted octanol–water partition coefficient (Wildman–Crippen LogP) is 3.70. The number of methoxy groups -OCH3 is 1. The first-order valence-corrected chi connectivity index (χ1v) is 9.39. The van der Waals surface area contributed by atoms with Crippen LogP contribution in [0.3, 0.4) is 0 Å². The summed E-state index contributed by atoms with van der Waals surface area (Å²) in [5, 5.41) is 2.92. The average molecular weight is 353 g/mol. The maximum Gasteiger partial charge on any atom is 0.257 e. The second-order valence-corrected chi connectivity index (χ2v) is 6.73. The SMILES string of the molecule is COc1cccc(CCCNC(=O)COc2ccc3c(c2)CCCC3)c1. The molecule has 0 fully saturated rings. The highest BCUT2D eigenvalue weighted by Gasteiger charge is 2.10. The molecule has 2 aromatic rings. The summed E-state index contributed by atoms with van der Waals surface area (Å²) in [5.74, 6) is 1.58. The lowest BCUT2D eigenvalue weighted by Crippen LogP contribution is -2.29. The molecule has 3 rings (SSSR count). The van der Waals surface area contributed by atoms with Crippen LogP contribution in [-0.2, 0) is 24.1 Å². The van der Waals surface area contributed by atoms with Gasteiger partial charge in [-0.2, -0.15) is 0 Å². The number of fused-ring (bicyclic) bond motifs is 1. The first-order valence-electron chi connectivity index (χ1n) is 9.39. The van der Waals surface area contributed by atoms with Crippen molar-refractivity contribution in [3.63, 3.8) is 0 Å². The van der Waals surface area contributed by atoms with Crippen LogP contribution in [0.2, 0.25) is 0 Å². The minimum Gasteiger partial charge on any atom is -0.497 e.